The van der Waals surface area contributed by atoms with Gasteiger partial charge in [-0.05, 0) is 19.8 Å². The van der Waals surface area contributed by atoms with Crippen LogP contribution in [0.25, 0.3) is 5.57 Å². The molecule has 1 atom stereocenters. The second-order valence-electron chi connectivity index (χ2n) is 10.9. The van der Waals surface area contributed by atoms with Crippen molar-refractivity contribution in [3.63, 3.8) is 0 Å². The summed E-state index contributed by atoms with van der Waals surface area (Å²) < 4.78 is 21.2. The summed E-state index contributed by atoms with van der Waals surface area (Å²) in [6, 6.07) is 0. The maximum Gasteiger partial charge on any atom is 0.310 e. The number of hydrogen-bond acceptors (Lipinski definition) is 8. The largest absolute Gasteiger partial charge is 0.550 e. The Morgan fingerprint density at radius 2 is 1.49 bits per heavy atom. The minimum atomic E-state index is -1.08. The quantitative estimate of drug-likeness (QED) is 0.104. The van der Waals surface area contributed by atoms with E-state index in [-0.39, 0.29) is 5.97 Å². The first-order valence-corrected chi connectivity index (χ1v) is 15.9. The minimum Gasteiger partial charge on any atom is -0.550 e. The molecule has 0 amide bonds. The van der Waals surface area contributed by atoms with Crippen LogP contribution < -0.4 is 9.84 Å². The molecule has 0 N–H and O–H groups in total. The molecule has 1 aromatic heterocycles. The van der Waals surface area contributed by atoms with Crippen LogP contribution in [0.15, 0.2) is 6.08 Å². The third-order valence-corrected chi connectivity index (χ3v) is 7.39. The third-order valence-electron chi connectivity index (χ3n) is 6.88. The zero-order valence-corrected chi connectivity index (χ0v) is 25.8. The molecule has 39 heavy (non-hydrogen) atoms. The maximum absolute atomic E-state index is 12.3. The van der Waals surface area contributed by atoms with E-state index in [0.717, 1.165) is 57.0 Å². The lowest BCUT2D eigenvalue weighted by Gasteiger charge is -2.36. The van der Waals surface area contributed by atoms with Gasteiger partial charge < -0.3 is 19.4 Å². The first-order valence-electron chi connectivity index (χ1n) is 15.1. The van der Waals surface area contributed by atoms with Gasteiger partial charge in [-0.2, -0.15) is 4.37 Å². The summed E-state index contributed by atoms with van der Waals surface area (Å²) in [5, 5.41) is 8.89. The number of hydrogen-bond donors (Lipinski definition) is 0. The van der Waals surface area contributed by atoms with Gasteiger partial charge in [-0.25, -0.2) is 0 Å². The van der Waals surface area contributed by atoms with Crippen molar-refractivity contribution in [1.29, 1.82) is 0 Å². The van der Waals surface area contributed by atoms with Crippen LogP contribution in [0, 0.1) is 0 Å². The van der Waals surface area contributed by atoms with Crippen molar-refractivity contribution < 1.29 is 28.7 Å². The molecule has 2 heterocycles. The van der Waals surface area contributed by atoms with E-state index in [1.165, 1.54) is 82.4 Å². The summed E-state index contributed by atoms with van der Waals surface area (Å²) in [5.41, 5.74) is 2.02. The molecule has 9 heteroatoms. The van der Waals surface area contributed by atoms with E-state index in [9.17, 15) is 4.79 Å². The van der Waals surface area contributed by atoms with E-state index < -0.39 is 5.97 Å². The molecule has 0 aromatic carbocycles. The number of likely N-dealkylation sites (N-methyl/N-ethyl adjacent to an activating group) is 1. The van der Waals surface area contributed by atoms with E-state index in [0.29, 0.717) is 30.1 Å². The van der Waals surface area contributed by atoms with Crippen molar-refractivity contribution in [2.75, 3.05) is 33.5 Å². The predicted octanol–water partition coefficient (Wildman–Crippen LogP) is 6.30. The maximum atomic E-state index is 12.3. The molecule has 1 aromatic rings. The standard InChI is InChI=1S/C28H50N3O3S.C2H4O2/c1-4-6-8-10-11-12-13-14-15-16-20-26(32)34-24-31(3)21-18-19-25(23-31)27-28(30-35-29-27)33-22-17-9-7-5-2;1-2(3)4/h19H,4-18,20-24H2,1-3H3;1H3,(H,3,4)/q+1;/p-1. The normalized spacial score (nSPS) is 16.7. The fourth-order valence-corrected chi connectivity index (χ4v) is 5.14. The highest BCUT2D eigenvalue weighted by Crippen LogP contribution is 2.30. The van der Waals surface area contributed by atoms with Gasteiger partial charge in [0.2, 0.25) is 6.73 Å². The molecule has 1 unspecified atom stereocenters. The van der Waals surface area contributed by atoms with Gasteiger partial charge in [0.15, 0.2) is 0 Å². The van der Waals surface area contributed by atoms with Crippen molar-refractivity contribution >= 4 is 29.2 Å². The van der Waals surface area contributed by atoms with Gasteiger partial charge in [-0.3, -0.25) is 9.28 Å². The van der Waals surface area contributed by atoms with E-state index in [1.54, 1.807) is 0 Å². The van der Waals surface area contributed by atoms with Crippen LogP contribution >= 0.6 is 11.7 Å². The Bertz CT molecular complexity index is 825. The Kier molecular flexibility index (Phi) is 19.6. The fraction of sp³-hybridized carbons (Fsp3) is 0.800. The number of carbonyl (C=O) groups is 2. The monoisotopic (exact) mass is 567 g/mol. The Morgan fingerprint density at radius 1 is 0.923 bits per heavy atom. The molecule has 224 valence electrons. The number of ether oxygens (including phenoxy) is 2. The van der Waals surface area contributed by atoms with Crippen molar-refractivity contribution in [3.8, 4) is 5.88 Å². The number of rotatable bonds is 20. The molecule has 0 fully saturated rings. The molecular formula is C30H53N3O5S. The average molecular weight is 568 g/mol. The van der Waals surface area contributed by atoms with Gasteiger partial charge in [0.05, 0.1) is 31.9 Å². The van der Waals surface area contributed by atoms with Crippen LogP contribution in [0.4, 0.5) is 0 Å². The van der Waals surface area contributed by atoms with Crippen LogP contribution in [0.5, 0.6) is 5.88 Å². The molecule has 0 spiro atoms. The summed E-state index contributed by atoms with van der Waals surface area (Å²) in [5.74, 6) is -0.490. The number of aliphatic carboxylic acids is 1. The number of aromatic nitrogens is 2. The van der Waals surface area contributed by atoms with Gasteiger partial charge in [-0.15, -0.1) is 4.37 Å². The Labute approximate surface area is 241 Å². The molecule has 0 bridgehead atoms. The first-order chi connectivity index (χ1) is 18.8. The van der Waals surface area contributed by atoms with Gasteiger partial charge in [0.1, 0.15) is 12.2 Å². The summed E-state index contributed by atoms with van der Waals surface area (Å²) >= 11 is 1.21. The van der Waals surface area contributed by atoms with E-state index >= 15 is 0 Å². The lowest BCUT2D eigenvalue weighted by molar-refractivity contribution is -0.919. The minimum absolute atomic E-state index is 0.0635. The van der Waals surface area contributed by atoms with Crippen LogP contribution in [0.2, 0.25) is 0 Å². The number of nitrogens with zero attached hydrogens (tertiary/aromatic N) is 3. The average Bonchev–Trinajstić information content (AvgIpc) is 3.37. The van der Waals surface area contributed by atoms with Gasteiger partial charge in [0.25, 0.3) is 5.88 Å². The summed E-state index contributed by atoms with van der Waals surface area (Å²) in [6.07, 6.45) is 21.1. The van der Waals surface area contributed by atoms with Crippen molar-refractivity contribution in [1.82, 2.24) is 8.75 Å². The highest BCUT2D eigenvalue weighted by Gasteiger charge is 2.31. The lowest BCUT2D eigenvalue weighted by atomic mass is 10.1. The molecule has 0 saturated heterocycles. The Hall–Kier alpha value is -2.00. The SMILES string of the molecule is CC(=O)[O-].CCCCCCCCCCCCC(=O)OC[N+]1(C)CCC=C(c2nsnc2OCCCCCC)C1. The van der Waals surface area contributed by atoms with Crippen LogP contribution in [-0.2, 0) is 14.3 Å². The molecule has 0 radical (unpaired) electrons. The van der Waals surface area contributed by atoms with Crippen molar-refractivity contribution in [3.05, 3.63) is 11.8 Å². The molecule has 1 aliphatic heterocycles. The molecular weight excluding hydrogens is 514 g/mol. The first kappa shape index (κ1) is 35.0. The lowest BCUT2D eigenvalue weighted by Crippen LogP contribution is -2.49. The van der Waals surface area contributed by atoms with E-state index in [2.05, 4.69) is 35.7 Å². The summed E-state index contributed by atoms with van der Waals surface area (Å²) in [4.78, 5) is 21.2. The van der Waals surface area contributed by atoms with Gasteiger partial charge in [-0.1, -0.05) is 97.0 Å². The van der Waals surface area contributed by atoms with Crippen LogP contribution in [-0.4, -0.2) is 58.6 Å². The smallest absolute Gasteiger partial charge is 0.310 e. The topological polar surface area (TPSA) is 101 Å². The summed E-state index contributed by atoms with van der Waals surface area (Å²) in [7, 11) is 2.16. The van der Waals surface area contributed by atoms with Gasteiger partial charge >= 0.3 is 5.97 Å². The third kappa shape index (κ3) is 17.3. The van der Waals surface area contributed by atoms with Gasteiger partial charge in [0, 0.05) is 24.4 Å². The van der Waals surface area contributed by atoms with E-state index in [4.69, 9.17) is 19.4 Å². The zero-order valence-electron chi connectivity index (χ0n) is 25.0. The number of quaternary nitrogens is 1. The van der Waals surface area contributed by atoms with Crippen LogP contribution in [0.3, 0.4) is 0 Å². The molecule has 8 nitrogen and oxygen atoms in total. The second-order valence-corrected chi connectivity index (χ2v) is 11.4. The van der Waals surface area contributed by atoms with Crippen molar-refractivity contribution in [2.24, 2.45) is 0 Å². The zero-order chi connectivity index (χ0) is 28.8. The Balaban J connectivity index is 0.00000177. The number of carboxylic acid groups (broad SMARTS) is 1. The molecule has 0 saturated carbocycles. The number of carbonyl (C=O) groups excluding carboxylic acids is 2. The number of carboxylic acids is 1. The van der Waals surface area contributed by atoms with E-state index in [1.807, 2.05) is 0 Å². The predicted molar refractivity (Wildman–Crippen MR) is 156 cm³/mol. The second kappa shape index (κ2) is 21.8. The fourth-order valence-electron chi connectivity index (χ4n) is 4.61. The highest BCUT2D eigenvalue weighted by molar-refractivity contribution is 6.99. The molecule has 2 rings (SSSR count). The number of esters is 1. The summed E-state index contributed by atoms with van der Waals surface area (Å²) in [6.45, 7) is 8.29. The Morgan fingerprint density at radius 3 is 2.10 bits per heavy atom. The number of unbranched alkanes of at least 4 members (excludes halogenated alkanes) is 12. The van der Waals surface area contributed by atoms with Crippen LogP contribution in [0.1, 0.15) is 129 Å². The molecule has 1 aliphatic rings. The van der Waals surface area contributed by atoms with Crippen molar-refractivity contribution in [2.45, 2.75) is 124 Å². The molecule has 0 aliphatic carbocycles. The highest BCUT2D eigenvalue weighted by atomic mass is 32.1.